The molecule has 17 heavy (non-hydrogen) atoms. The van der Waals surface area contributed by atoms with E-state index in [0.29, 0.717) is 6.04 Å². The number of nitrogens with one attached hydrogen (secondary N) is 1. The molecular weight excluding hydrogens is 230 g/mol. The van der Waals surface area contributed by atoms with Crippen molar-refractivity contribution in [3.63, 3.8) is 0 Å². The zero-order valence-corrected chi connectivity index (χ0v) is 11.0. The quantitative estimate of drug-likeness (QED) is 0.882. The van der Waals surface area contributed by atoms with Crippen LogP contribution in [-0.2, 0) is 12.8 Å². The molecule has 3 nitrogen and oxygen atoms in total. The van der Waals surface area contributed by atoms with Gasteiger partial charge in [-0.2, -0.15) is 10.2 Å². The Hall–Kier alpha value is -1.26. The van der Waals surface area contributed by atoms with Crippen molar-refractivity contribution < 1.29 is 0 Å². The third kappa shape index (κ3) is 3.11. The van der Waals surface area contributed by atoms with E-state index in [0.717, 1.165) is 12.8 Å². The maximum absolute atomic E-state index is 3.93. The van der Waals surface area contributed by atoms with Crippen molar-refractivity contribution in [2.75, 3.05) is 7.05 Å². The normalized spacial score (nSPS) is 12.6. The molecule has 0 bridgehead atoms. The molecule has 2 aromatic heterocycles. The summed E-state index contributed by atoms with van der Waals surface area (Å²) >= 11 is 1.90. The summed E-state index contributed by atoms with van der Waals surface area (Å²) in [5.74, 6) is 0. The fraction of sp³-hybridized carbons (Fsp3) is 0.385. The average molecular weight is 247 g/mol. The lowest BCUT2D eigenvalue weighted by atomic mass is 10.1. The molecule has 2 rings (SSSR count). The van der Waals surface area contributed by atoms with Crippen LogP contribution in [0.2, 0.25) is 0 Å². The topological polar surface area (TPSA) is 37.8 Å². The van der Waals surface area contributed by atoms with E-state index in [-0.39, 0.29) is 0 Å². The molecule has 0 saturated carbocycles. The van der Waals surface area contributed by atoms with Crippen LogP contribution in [0.3, 0.4) is 0 Å². The fourth-order valence-corrected chi connectivity index (χ4v) is 2.82. The molecule has 1 N–H and O–H groups in total. The van der Waals surface area contributed by atoms with Gasteiger partial charge >= 0.3 is 0 Å². The van der Waals surface area contributed by atoms with Gasteiger partial charge in [0.2, 0.25) is 0 Å². The minimum absolute atomic E-state index is 0.314. The Bertz CT molecular complexity index is 453. The highest BCUT2D eigenvalue weighted by Gasteiger charge is 2.11. The Balaban J connectivity index is 2.10. The summed E-state index contributed by atoms with van der Waals surface area (Å²) < 4.78 is 0. The molecule has 2 heterocycles. The lowest BCUT2D eigenvalue weighted by Gasteiger charge is -2.14. The number of likely N-dealkylation sites (N-methyl/N-ethyl adjacent to an activating group) is 1. The van der Waals surface area contributed by atoms with Crippen LogP contribution < -0.4 is 5.32 Å². The molecule has 1 atom stereocenters. The SMILES string of the molecule is CCc1ccc(CC(NC)c2ccnnc2)s1. The molecule has 4 heteroatoms. The molecule has 0 spiro atoms. The maximum Gasteiger partial charge on any atom is 0.0544 e. The third-order valence-corrected chi connectivity index (χ3v) is 4.08. The molecule has 0 aromatic carbocycles. The Morgan fingerprint density at radius 3 is 2.65 bits per heavy atom. The van der Waals surface area contributed by atoms with Crippen LogP contribution in [0.5, 0.6) is 0 Å². The number of hydrogen-bond donors (Lipinski definition) is 1. The van der Waals surface area contributed by atoms with E-state index in [1.165, 1.54) is 15.3 Å². The fourth-order valence-electron chi connectivity index (χ4n) is 1.82. The lowest BCUT2D eigenvalue weighted by Crippen LogP contribution is -2.18. The van der Waals surface area contributed by atoms with Gasteiger partial charge < -0.3 is 5.32 Å². The van der Waals surface area contributed by atoms with Crippen molar-refractivity contribution in [2.24, 2.45) is 0 Å². The van der Waals surface area contributed by atoms with Crippen LogP contribution >= 0.6 is 11.3 Å². The summed E-state index contributed by atoms with van der Waals surface area (Å²) in [7, 11) is 1.99. The second-order valence-corrected chi connectivity index (χ2v) is 5.20. The number of aromatic nitrogens is 2. The summed E-state index contributed by atoms with van der Waals surface area (Å²) in [4.78, 5) is 2.86. The highest BCUT2D eigenvalue weighted by Crippen LogP contribution is 2.23. The lowest BCUT2D eigenvalue weighted by molar-refractivity contribution is 0.592. The third-order valence-electron chi connectivity index (χ3n) is 2.83. The second kappa shape index (κ2) is 5.89. The summed E-state index contributed by atoms with van der Waals surface area (Å²) in [6.07, 6.45) is 5.69. The molecule has 0 saturated heterocycles. The summed E-state index contributed by atoms with van der Waals surface area (Å²) in [6, 6.07) is 6.77. The zero-order chi connectivity index (χ0) is 12.1. The highest BCUT2D eigenvalue weighted by atomic mass is 32.1. The Kier molecular flexibility index (Phi) is 4.23. The van der Waals surface area contributed by atoms with Crippen LogP contribution in [0, 0.1) is 0 Å². The van der Waals surface area contributed by atoms with Gasteiger partial charge in [-0.3, -0.25) is 0 Å². The van der Waals surface area contributed by atoms with Crippen LogP contribution in [-0.4, -0.2) is 17.2 Å². The predicted octanol–water partition coefficient (Wildman–Crippen LogP) is 2.60. The molecule has 90 valence electrons. The van der Waals surface area contributed by atoms with Gasteiger partial charge in [-0.15, -0.1) is 11.3 Å². The van der Waals surface area contributed by atoms with E-state index in [9.17, 15) is 0 Å². The number of nitrogens with zero attached hydrogens (tertiary/aromatic N) is 2. The molecule has 0 aliphatic heterocycles. The monoisotopic (exact) mass is 247 g/mol. The van der Waals surface area contributed by atoms with Gasteiger partial charge in [0.05, 0.1) is 6.20 Å². The molecule has 1 unspecified atom stereocenters. The first kappa shape index (κ1) is 12.2. The Labute approximate surface area is 106 Å². The van der Waals surface area contributed by atoms with E-state index in [2.05, 4.69) is 34.6 Å². The minimum Gasteiger partial charge on any atom is -0.313 e. The van der Waals surface area contributed by atoms with Gasteiger partial charge in [-0.1, -0.05) is 6.92 Å². The smallest absolute Gasteiger partial charge is 0.0544 e. The van der Waals surface area contributed by atoms with Gasteiger partial charge in [0, 0.05) is 28.4 Å². The molecule has 2 aromatic rings. The zero-order valence-electron chi connectivity index (χ0n) is 10.2. The minimum atomic E-state index is 0.314. The molecule has 0 fully saturated rings. The first-order chi connectivity index (χ1) is 8.33. The number of thiophene rings is 1. The van der Waals surface area contributed by atoms with E-state index in [1.54, 1.807) is 6.20 Å². The van der Waals surface area contributed by atoms with E-state index in [4.69, 9.17) is 0 Å². The molecule has 0 aliphatic rings. The summed E-state index contributed by atoms with van der Waals surface area (Å²) in [6.45, 7) is 2.19. The van der Waals surface area contributed by atoms with Crippen molar-refractivity contribution in [3.05, 3.63) is 45.9 Å². The molecule has 0 radical (unpaired) electrons. The van der Waals surface area contributed by atoms with Gasteiger partial charge in [0.1, 0.15) is 0 Å². The number of aryl methyl sites for hydroxylation is 1. The van der Waals surface area contributed by atoms with Crippen molar-refractivity contribution in [1.29, 1.82) is 0 Å². The molecular formula is C13H17N3S. The van der Waals surface area contributed by atoms with Crippen molar-refractivity contribution >= 4 is 11.3 Å². The van der Waals surface area contributed by atoms with Crippen molar-refractivity contribution in [2.45, 2.75) is 25.8 Å². The molecule has 0 aliphatic carbocycles. The van der Waals surface area contributed by atoms with Crippen LogP contribution in [0.25, 0.3) is 0 Å². The van der Waals surface area contributed by atoms with Crippen LogP contribution in [0.1, 0.15) is 28.3 Å². The average Bonchev–Trinajstić information content (AvgIpc) is 2.84. The Morgan fingerprint density at radius 1 is 1.24 bits per heavy atom. The van der Waals surface area contributed by atoms with Crippen molar-refractivity contribution in [3.8, 4) is 0 Å². The Morgan fingerprint density at radius 2 is 2.06 bits per heavy atom. The summed E-state index contributed by atoms with van der Waals surface area (Å²) in [5, 5.41) is 11.1. The number of hydrogen-bond acceptors (Lipinski definition) is 4. The van der Waals surface area contributed by atoms with Gasteiger partial charge in [0.25, 0.3) is 0 Å². The largest absolute Gasteiger partial charge is 0.313 e. The first-order valence-electron chi connectivity index (χ1n) is 5.85. The van der Waals surface area contributed by atoms with E-state index >= 15 is 0 Å². The molecule has 0 amide bonds. The van der Waals surface area contributed by atoms with Gasteiger partial charge in [-0.05, 0) is 37.2 Å². The summed E-state index contributed by atoms with van der Waals surface area (Å²) in [5.41, 5.74) is 1.19. The number of rotatable bonds is 5. The van der Waals surface area contributed by atoms with Crippen LogP contribution in [0.4, 0.5) is 0 Å². The second-order valence-electron chi connectivity index (χ2n) is 3.94. The standard InChI is InChI=1S/C13H17N3S/c1-3-11-4-5-12(17-11)8-13(14-2)10-6-7-15-16-9-10/h4-7,9,13-14H,3,8H2,1-2H3. The highest BCUT2D eigenvalue weighted by molar-refractivity contribution is 7.11. The maximum atomic E-state index is 3.93. The van der Waals surface area contributed by atoms with Gasteiger partial charge in [0.15, 0.2) is 0 Å². The predicted molar refractivity (Wildman–Crippen MR) is 71.2 cm³/mol. The van der Waals surface area contributed by atoms with Gasteiger partial charge in [-0.25, -0.2) is 0 Å². The van der Waals surface area contributed by atoms with E-state index in [1.807, 2.05) is 30.6 Å². The van der Waals surface area contributed by atoms with Crippen molar-refractivity contribution in [1.82, 2.24) is 15.5 Å². The van der Waals surface area contributed by atoms with E-state index < -0.39 is 0 Å². The van der Waals surface area contributed by atoms with Crippen LogP contribution in [0.15, 0.2) is 30.6 Å². The first-order valence-corrected chi connectivity index (χ1v) is 6.66.